The first-order valence-corrected chi connectivity index (χ1v) is 7.66. The number of carbonyl (C=O) groups excluding carboxylic acids is 1. The van der Waals surface area contributed by atoms with Crippen molar-refractivity contribution in [3.8, 4) is 0 Å². The number of H-pyrrole nitrogens is 1. The van der Waals surface area contributed by atoms with Crippen LogP contribution in [0.15, 0.2) is 54.7 Å². The second kappa shape index (κ2) is 6.65. The van der Waals surface area contributed by atoms with Crippen LogP contribution in [-0.2, 0) is 16.0 Å². The van der Waals surface area contributed by atoms with E-state index in [-0.39, 0.29) is 12.4 Å². The van der Waals surface area contributed by atoms with Crippen molar-refractivity contribution in [2.24, 2.45) is 0 Å². The molecule has 0 bridgehead atoms. The van der Waals surface area contributed by atoms with Crippen molar-refractivity contribution in [3.05, 3.63) is 71.7 Å². The average Bonchev–Trinajstić information content (AvgIpc) is 2.97. The second-order valence-corrected chi connectivity index (χ2v) is 5.39. The number of benzene rings is 2. The van der Waals surface area contributed by atoms with Gasteiger partial charge in [0, 0.05) is 22.7 Å². The van der Waals surface area contributed by atoms with Crippen LogP contribution in [0.25, 0.3) is 10.9 Å². The summed E-state index contributed by atoms with van der Waals surface area (Å²) in [6.45, 7) is 2.03. The van der Waals surface area contributed by atoms with Crippen LogP contribution >= 0.6 is 0 Å². The number of carbonyl (C=O) groups is 1. The number of para-hydroxylation sites is 1. The molecule has 1 heterocycles. The summed E-state index contributed by atoms with van der Waals surface area (Å²) < 4.78 is 19.3. The van der Waals surface area contributed by atoms with E-state index in [2.05, 4.69) is 4.98 Å². The fraction of sp³-hybridized carbons (Fsp3) is 0.211. The average molecular weight is 311 g/mol. The highest BCUT2D eigenvalue weighted by molar-refractivity contribution is 5.85. The lowest BCUT2D eigenvalue weighted by Gasteiger charge is -2.16. The van der Waals surface area contributed by atoms with Crippen molar-refractivity contribution >= 4 is 16.9 Å². The Balaban J connectivity index is 1.99. The summed E-state index contributed by atoms with van der Waals surface area (Å²) in [7, 11) is 0. The monoisotopic (exact) mass is 311 g/mol. The van der Waals surface area contributed by atoms with Gasteiger partial charge in [-0.1, -0.05) is 36.4 Å². The van der Waals surface area contributed by atoms with Crippen molar-refractivity contribution in [1.29, 1.82) is 0 Å². The van der Waals surface area contributed by atoms with Gasteiger partial charge in [0.2, 0.25) is 0 Å². The smallest absolute Gasteiger partial charge is 0.313 e. The Morgan fingerprint density at radius 1 is 1.17 bits per heavy atom. The maximum absolute atomic E-state index is 14.2. The maximum atomic E-state index is 14.2. The first kappa shape index (κ1) is 15.3. The molecule has 0 radical (unpaired) electrons. The third-order valence-electron chi connectivity index (χ3n) is 3.95. The summed E-state index contributed by atoms with van der Waals surface area (Å²) in [4.78, 5) is 15.5. The topological polar surface area (TPSA) is 42.1 Å². The number of ether oxygens (including phenoxy) is 1. The first-order valence-electron chi connectivity index (χ1n) is 7.66. The highest BCUT2D eigenvalue weighted by Crippen LogP contribution is 2.28. The predicted molar refractivity (Wildman–Crippen MR) is 87.8 cm³/mol. The summed E-state index contributed by atoms with van der Waals surface area (Å²) in [6.07, 6.45) is 2.27. The molecule has 4 heteroatoms. The quantitative estimate of drug-likeness (QED) is 0.718. The molecule has 0 unspecified atom stereocenters. The Bertz CT molecular complexity index is 825. The molecule has 0 aliphatic carbocycles. The summed E-state index contributed by atoms with van der Waals surface area (Å²) in [6, 6.07) is 14.2. The van der Waals surface area contributed by atoms with Crippen LogP contribution in [0.3, 0.4) is 0 Å². The zero-order valence-electron chi connectivity index (χ0n) is 12.9. The van der Waals surface area contributed by atoms with E-state index in [1.807, 2.05) is 30.5 Å². The van der Waals surface area contributed by atoms with E-state index < -0.39 is 11.9 Å². The predicted octanol–water partition coefficient (Wildman–Crippen LogP) is 4.20. The number of halogens is 1. The number of nitrogens with one attached hydrogen (secondary N) is 1. The fourth-order valence-corrected chi connectivity index (χ4v) is 2.84. The Kier molecular flexibility index (Phi) is 4.42. The Morgan fingerprint density at radius 2 is 1.91 bits per heavy atom. The first-order chi connectivity index (χ1) is 11.2. The third-order valence-corrected chi connectivity index (χ3v) is 3.95. The van der Waals surface area contributed by atoms with Gasteiger partial charge in [-0.25, -0.2) is 4.39 Å². The Morgan fingerprint density at radius 3 is 2.70 bits per heavy atom. The minimum Gasteiger partial charge on any atom is -0.466 e. The fourth-order valence-electron chi connectivity index (χ4n) is 2.84. The molecule has 0 aliphatic heterocycles. The molecule has 118 valence electrons. The van der Waals surface area contributed by atoms with Crippen LogP contribution in [0, 0.1) is 5.82 Å². The van der Waals surface area contributed by atoms with Gasteiger partial charge in [-0.15, -0.1) is 0 Å². The maximum Gasteiger partial charge on any atom is 0.313 e. The summed E-state index contributed by atoms with van der Waals surface area (Å²) in [5, 5.41) is 1.04. The highest BCUT2D eigenvalue weighted by atomic mass is 19.1. The number of esters is 1. The second-order valence-electron chi connectivity index (χ2n) is 5.39. The van der Waals surface area contributed by atoms with Crippen LogP contribution in [0.4, 0.5) is 4.39 Å². The lowest BCUT2D eigenvalue weighted by Crippen LogP contribution is -2.19. The van der Waals surface area contributed by atoms with Crippen LogP contribution in [0.1, 0.15) is 24.0 Å². The molecular formula is C19H18FNO2. The van der Waals surface area contributed by atoms with E-state index in [1.165, 1.54) is 6.07 Å². The molecule has 1 atom stereocenters. The van der Waals surface area contributed by atoms with Gasteiger partial charge in [0.15, 0.2) is 0 Å². The largest absolute Gasteiger partial charge is 0.466 e. The van der Waals surface area contributed by atoms with Gasteiger partial charge >= 0.3 is 5.97 Å². The van der Waals surface area contributed by atoms with E-state index >= 15 is 0 Å². The molecule has 2 aromatic carbocycles. The molecule has 0 aliphatic rings. The van der Waals surface area contributed by atoms with Gasteiger partial charge in [0.05, 0.1) is 12.5 Å². The zero-order valence-corrected chi connectivity index (χ0v) is 12.9. The summed E-state index contributed by atoms with van der Waals surface area (Å²) >= 11 is 0. The summed E-state index contributed by atoms with van der Waals surface area (Å²) in [5.41, 5.74) is 2.34. The van der Waals surface area contributed by atoms with Crippen molar-refractivity contribution in [3.63, 3.8) is 0 Å². The van der Waals surface area contributed by atoms with Gasteiger partial charge in [0.1, 0.15) is 5.82 Å². The number of aromatic nitrogens is 1. The molecule has 1 N–H and O–H groups in total. The van der Waals surface area contributed by atoms with E-state index in [9.17, 15) is 9.18 Å². The van der Waals surface area contributed by atoms with Gasteiger partial charge < -0.3 is 9.72 Å². The lowest BCUT2D eigenvalue weighted by atomic mass is 9.91. The molecule has 0 saturated carbocycles. The number of rotatable bonds is 5. The van der Waals surface area contributed by atoms with Crippen LogP contribution < -0.4 is 0 Å². The molecule has 23 heavy (non-hydrogen) atoms. The molecule has 3 nitrogen and oxygen atoms in total. The van der Waals surface area contributed by atoms with Gasteiger partial charge in [-0.05, 0) is 31.0 Å². The van der Waals surface area contributed by atoms with E-state index in [0.29, 0.717) is 12.0 Å². The van der Waals surface area contributed by atoms with Crippen LogP contribution in [0.2, 0.25) is 0 Å². The Labute approximate surface area is 134 Å². The van der Waals surface area contributed by atoms with Gasteiger partial charge in [-0.3, -0.25) is 4.79 Å². The Hall–Kier alpha value is -2.62. The molecule has 1 aromatic heterocycles. The third kappa shape index (κ3) is 3.11. The van der Waals surface area contributed by atoms with Gasteiger partial charge in [0.25, 0.3) is 0 Å². The van der Waals surface area contributed by atoms with E-state index in [4.69, 9.17) is 4.74 Å². The molecule has 0 amide bonds. The SMILES string of the molecule is CCOC(=O)[C@H](Cc1c[nH]c2ccccc12)c1ccccc1F. The number of hydrogen-bond donors (Lipinski definition) is 1. The van der Waals surface area contributed by atoms with E-state index in [1.54, 1.807) is 25.1 Å². The molecule has 0 fully saturated rings. The zero-order chi connectivity index (χ0) is 16.2. The van der Waals surface area contributed by atoms with Crippen LogP contribution in [0.5, 0.6) is 0 Å². The number of fused-ring (bicyclic) bond motifs is 1. The normalized spacial score (nSPS) is 12.3. The lowest BCUT2D eigenvalue weighted by molar-refractivity contribution is -0.145. The standard InChI is InChI=1S/C19H18FNO2/c1-2-23-19(22)16(15-8-3-5-9-17(15)20)11-13-12-21-18-10-6-4-7-14(13)18/h3-10,12,16,21H,2,11H2,1H3/t16-/m1/s1. The molecule has 0 spiro atoms. The molecule has 3 aromatic rings. The molecule has 0 saturated heterocycles. The number of hydrogen-bond acceptors (Lipinski definition) is 2. The summed E-state index contributed by atoms with van der Waals surface area (Å²) in [5.74, 6) is -1.44. The number of aromatic amines is 1. The molecular weight excluding hydrogens is 293 g/mol. The van der Waals surface area contributed by atoms with E-state index in [0.717, 1.165) is 16.5 Å². The van der Waals surface area contributed by atoms with Gasteiger partial charge in [-0.2, -0.15) is 0 Å². The minimum absolute atomic E-state index is 0.275. The van der Waals surface area contributed by atoms with Crippen molar-refractivity contribution in [1.82, 2.24) is 4.98 Å². The minimum atomic E-state index is -0.657. The van der Waals surface area contributed by atoms with Crippen molar-refractivity contribution < 1.29 is 13.9 Å². The van der Waals surface area contributed by atoms with Crippen LogP contribution in [-0.4, -0.2) is 17.6 Å². The highest BCUT2D eigenvalue weighted by Gasteiger charge is 2.26. The van der Waals surface area contributed by atoms with Crippen molar-refractivity contribution in [2.75, 3.05) is 6.61 Å². The van der Waals surface area contributed by atoms with Crippen molar-refractivity contribution in [2.45, 2.75) is 19.3 Å². The molecule has 3 rings (SSSR count).